The Labute approximate surface area is 123 Å². The van der Waals surface area contributed by atoms with Crippen molar-refractivity contribution in [3.05, 3.63) is 53.6 Å². The summed E-state index contributed by atoms with van der Waals surface area (Å²) >= 11 is 0. The number of hydrogen-bond donors (Lipinski definition) is 2. The fraction of sp³-hybridized carbons (Fsp3) is 0.188. The second-order valence-corrected chi connectivity index (χ2v) is 4.45. The summed E-state index contributed by atoms with van der Waals surface area (Å²) in [5.74, 6) is 1.99. The second kappa shape index (κ2) is 6.65. The summed E-state index contributed by atoms with van der Waals surface area (Å²) in [5, 5.41) is 7.50. The van der Waals surface area contributed by atoms with Gasteiger partial charge in [-0.2, -0.15) is 0 Å². The first-order valence-electron chi connectivity index (χ1n) is 6.41. The molecular formula is C16H18N2O3. The van der Waals surface area contributed by atoms with Gasteiger partial charge < -0.3 is 19.9 Å². The summed E-state index contributed by atoms with van der Waals surface area (Å²) in [6.07, 6.45) is 0. The Morgan fingerprint density at radius 1 is 0.952 bits per heavy atom. The number of amidine groups is 1. The van der Waals surface area contributed by atoms with Crippen molar-refractivity contribution < 1.29 is 14.2 Å². The molecule has 0 bridgehead atoms. The highest BCUT2D eigenvalue weighted by atomic mass is 16.5. The van der Waals surface area contributed by atoms with Gasteiger partial charge in [-0.25, -0.2) is 0 Å². The van der Waals surface area contributed by atoms with Crippen molar-refractivity contribution in [2.45, 2.75) is 6.61 Å². The molecule has 0 aliphatic rings. The zero-order valence-corrected chi connectivity index (χ0v) is 12.1. The maximum Gasteiger partial charge on any atom is 0.124 e. The highest BCUT2D eigenvalue weighted by Crippen LogP contribution is 2.23. The van der Waals surface area contributed by atoms with Crippen LogP contribution in [0, 0.1) is 5.41 Å². The summed E-state index contributed by atoms with van der Waals surface area (Å²) < 4.78 is 16.0. The van der Waals surface area contributed by atoms with Gasteiger partial charge >= 0.3 is 0 Å². The summed E-state index contributed by atoms with van der Waals surface area (Å²) in [4.78, 5) is 0. The van der Waals surface area contributed by atoms with E-state index >= 15 is 0 Å². The fourth-order valence-corrected chi connectivity index (χ4v) is 1.82. The van der Waals surface area contributed by atoms with Crippen molar-refractivity contribution in [1.29, 1.82) is 5.41 Å². The van der Waals surface area contributed by atoms with Crippen molar-refractivity contribution in [3.63, 3.8) is 0 Å². The Morgan fingerprint density at radius 2 is 1.57 bits per heavy atom. The van der Waals surface area contributed by atoms with Gasteiger partial charge in [0.15, 0.2) is 0 Å². The number of benzene rings is 2. The molecular weight excluding hydrogens is 268 g/mol. The molecule has 0 saturated heterocycles. The summed E-state index contributed by atoms with van der Waals surface area (Å²) in [6.45, 7) is 0.411. The van der Waals surface area contributed by atoms with Crippen LogP contribution in [0.15, 0.2) is 42.5 Å². The van der Waals surface area contributed by atoms with Gasteiger partial charge in [-0.05, 0) is 29.8 Å². The Balaban J connectivity index is 2.11. The predicted molar refractivity (Wildman–Crippen MR) is 81.3 cm³/mol. The molecule has 0 aliphatic heterocycles. The molecule has 0 aliphatic carbocycles. The van der Waals surface area contributed by atoms with E-state index in [0.29, 0.717) is 23.7 Å². The van der Waals surface area contributed by atoms with Crippen molar-refractivity contribution in [2.75, 3.05) is 14.2 Å². The van der Waals surface area contributed by atoms with Crippen LogP contribution in [-0.2, 0) is 6.61 Å². The predicted octanol–water partition coefficient (Wildman–Crippen LogP) is 2.57. The van der Waals surface area contributed by atoms with Crippen molar-refractivity contribution in [1.82, 2.24) is 0 Å². The van der Waals surface area contributed by atoms with Gasteiger partial charge in [-0.3, -0.25) is 5.41 Å². The van der Waals surface area contributed by atoms with E-state index in [4.69, 9.17) is 25.4 Å². The lowest BCUT2D eigenvalue weighted by Crippen LogP contribution is -2.11. The molecule has 0 amide bonds. The minimum Gasteiger partial charge on any atom is -0.497 e. The van der Waals surface area contributed by atoms with Gasteiger partial charge in [0.25, 0.3) is 0 Å². The van der Waals surface area contributed by atoms with Gasteiger partial charge in [0, 0.05) is 11.6 Å². The first-order valence-corrected chi connectivity index (χ1v) is 6.41. The van der Waals surface area contributed by atoms with Gasteiger partial charge in [0.2, 0.25) is 0 Å². The molecule has 2 aromatic rings. The van der Waals surface area contributed by atoms with Crippen LogP contribution < -0.4 is 19.9 Å². The van der Waals surface area contributed by atoms with E-state index in [9.17, 15) is 0 Å². The van der Waals surface area contributed by atoms with Crippen LogP contribution in [0.5, 0.6) is 17.2 Å². The topological polar surface area (TPSA) is 77.6 Å². The highest BCUT2D eigenvalue weighted by molar-refractivity contribution is 5.95. The molecule has 5 heteroatoms. The largest absolute Gasteiger partial charge is 0.497 e. The van der Waals surface area contributed by atoms with E-state index in [2.05, 4.69) is 0 Å². The Morgan fingerprint density at radius 3 is 2.14 bits per heavy atom. The average Bonchev–Trinajstić information content (AvgIpc) is 2.53. The number of hydrogen-bond acceptors (Lipinski definition) is 4. The smallest absolute Gasteiger partial charge is 0.124 e. The summed E-state index contributed by atoms with van der Waals surface area (Å²) in [5.41, 5.74) is 7.09. The molecule has 2 rings (SSSR count). The molecule has 3 N–H and O–H groups in total. The second-order valence-electron chi connectivity index (χ2n) is 4.45. The summed E-state index contributed by atoms with van der Waals surface area (Å²) in [7, 11) is 3.19. The molecule has 0 fully saturated rings. The molecule has 2 aromatic carbocycles. The molecule has 0 radical (unpaired) electrons. The van der Waals surface area contributed by atoms with E-state index in [0.717, 1.165) is 11.3 Å². The van der Waals surface area contributed by atoms with Crippen LogP contribution in [0.2, 0.25) is 0 Å². The number of rotatable bonds is 6. The number of ether oxygens (including phenoxy) is 3. The van der Waals surface area contributed by atoms with Gasteiger partial charge in [-0.15, -0.1) is 0 Å². The normalized spacial score (nSPS) is 10.0. The van der Waals surface area contributed by atoms with Crippen LogP contribution >= 0.6 is 0 Å². The Kier molecular flexibility index (Phi) is 4.66. The standard InChI is InChI=1S/C16H18N2O3/c1-19-13-5-3-11(4-6-13)10-21-15-8-12(16(17)18)7-14(9-15)20-2/h3-9H,10H2,1-2H3,(H3,17,18). The molecule has 0 spiro atoms. The third kappa shape index (κ3) is 3.89. The average molecular weight is 286 g/mol. The zero-order valence-electron chi connectivity index (χ0n) is 12.1. The molecule has 0 saturated carbocycles. The maximum atomic E-state index is 7.50. The molecule has 110 valence electrons. The van der Waals surface area contributed by atoms with Crippen LogP contribution in [0.4, 0.5) is 0 Å². The van der Waals surface area contributed by atoms with Crippen molar-refractivity contribution in [3.8, 4) is 17.2 Å². The lowest BCUT2D eigenvalue weighted by atomic mass is 10.2. The summed E-state index contributed by atoms with van der Waals surface area (Å²) in [6, 6.07) is 12.8. The molecule has 0 heterocycles. The quantitative estimate of drug-likeness (QED) is 0.632. The Bertz CT molecular complexity index is 624. The minimum absolute atomic E-state index is 0.0248. The first kappa shape index (κ1) is 14.7. The monoisotopic (exact) mass is 286 g/mol. The van der Waals surface area contributed by atoms with E-state index in [1.165, 1.54) is 0 Å². The zero-order chi connectivity index (χ0) is 15.2. The highest BCUT2D eigenvalue weighted by Gasteiger charge is 2.05. The number of nitrogens with one attached hydrogen (secondary N) is 1. The third-order valence-corrected chi connectivity index (χ3v) is 2.99. The van der Waals surface area contributed by atoms with Crippen LogP contribution in [0.25, 0.3) is 0 Å². The van der Waals surface area contributed by atoms with Crippen molar-refractivity contribution in [2.24, 2.45) is 5.73 Å². The van der Waals surface area contributed by atoms with E-state index < -0.39 is 0 Å². The number of methoxy groups -OCH3 is 2. The number of nitrogen functional groups attached to an aromatic ring is 1. The fourth-order valence-electron chi connectivity index (χ4n) is 1.82. The minimum atomic E-state index is -0.0248. The molecule has 0 aromatic heterocycles. The van der Waals surface area contributed by atoms with Gasteiger partial charge in [-0.1, -0.05) is 12.1 Å². The molecule has 0 unspecified atom stereocenters. The molecule has 21 heavy (non-hydrogen) atoms. The third-order valence-electron chi connectivity index (χ3n) is 2.99. The lowest BCUT2D eigenvalue weighted by molar-refractivity contribution is 0.303. The van der Waals surface area contributed by atoms with Crippen molar-refractivity contribution >= 4 is 5.84 Å². The maximum absolute atomic E-state index is 7.50. The van der Waals surface area contributed by atoms with E-state index in [1.807, 2.05) is 24.3 Å². The van der Waals surface area contributed by atoms with Crippen LogP contribution in [0.3, 0.4) is 0 Å². The van der Waals surface area contributed by atoms with Crippen LogP contribution in [0.1, 0.15) is 11.1 Å². The Hall–Kier alpha value is -2.69. The van der Waals surface area contributed by atoms with Gasteiger partial charge in [0.05, 0.1) is 14.2 Å². The first-order chi connectivity index (χ1) is 10.1. The van der Waals surface area contributed by atoms with E-state index in [-0.39, 0.29) is 5.84 Å². The van der Waals surface area contributed by atoms with Crippen LogP contribution in [-0.4, -0.2) is 20.1 Å². The lowest BCUT2D eigenvalue weighted by Gasteiger charge is -2.10. The molecule has 5 nitrogen and oxygen atoms in total. The molecule has 0 atom stereocenters. The number of nitrogens with two attached hydrogens (primary N) is 1. The van der Waals surface area contributed by atoms with Gasteiger partial charge in [0.1, 0.15) is 29.7 Å². The SMILES string of the molecule is COc1ccc(COc2cc(OC)cc(C(=N)N)c2)cc1. The van der Waals surface area contributed by atoms with E-state index in [1.54, 1.807) is 32.4 Å².